The van der Waals surface area contributed by atoms with E-state index in [2.05, 4.69) is 34.2 Å². The number of amides is 1. The van der Waals surface area contributed by atoms with Gasteiger partial charge < -0.3 is 15.1 Å². The zero-order valence-electron chi connectivity index (χ0n) is 16.9. The van der Waals surface area contributed by atoms with E-state index in [4.69, 9.17) is 0 Å². The number of aryl methyl sites for hydroxylation is 1. The fourth-order valence-electron chi connectivity index (χ4n) is 3.54. The van der Waals surface area contributed by atoms with Crippen molar-refractivity contribution in [2.24, 2.45) is 0 Å². The molecule has 1 aliphatic rings. The fourth-order valence-corrected chi connectivity index (χ4v) is 4.19. The number of benzene rings is 2. The Morgan fingerprint density at radius 3 is 2.50 bits per heavy atom. The molecule has 1 amide bonds. The smallest absolute Gasteiger partial charge is 0.255 e. The third-order valence-electron chi connectivity index (χ3n) is 5.20. The minimum atomic E-state index is -0.927. The van der Waals surface area contributed by atoms with Crippen LogP contribution in [0.5, 0.6) is 0 Å². The predicted octanol–water partition coefficient (Wildman–Crippen LogP) is 3.27. The summed E-state index contributed by atoms with van der Waals surface area (Å²) in [7, 11) is -0.927. The van der Waals surface area contributed by atoms with Crippen LogP contribution in [0.2, 0.25) is 0 Å². The zero-order chi connectivity index (χ0) is 20.1. The molecule has 2 aromatic rings. The van der Waals surface area contributed by atoms with Crippen LogP contribution in [0.4, 0.5) is 11.4 Å². The Kier molecular flexibility index (Phi) is 6.86. The molecule has 5 nitrogen and oxygen atoms in total. The zero-order valence-corrected chi connectivity index (χ0v) is 17.7. The van der Waals surface area contributed by atoms with Gasteiger partial charge in [0.15, 0.2) is 0 Å². The monoisotopic (exact) mass is 399 g/mol. The molecule has 1 fully saturated rings. The first-order chi connectivity index (χ1) is 13.5. The Balaban J connectivity index is 1.68. The highest BCUT2D eigenvalue weighted by atomic mass is 32.2. The molecule has 0 aromatic heterocycles. The molecule has 150 valence electrons. The van der Waals surface area contributed by atoms with E-state index in [0.29, 0.717) is 11.3 Å². The number of rotatable bonds is 6. The van der Waals surface area contributed by atoms with Crippen molar-refractivity contribution in [3.8, 4) is 0 Å². The van der Waals surface area contributed by atoms with Gasteiger partial charge in [0.25, 0.3) is 5.91 Å². The summed E-state index contributed by atoms with van der Waals surface area (Å²) in [6.07, 6.45) is 1.67. The number of anilines is 2. The van der Waals surface area contributed by atoms with E-state index in [-0.39, 0.29) is 5.91 Å². The molecule has 0 bridgehead atoms. The number of nitrogens with zero attached hydrogens (tertiary/aromatic N) is 2. The Labute approximate surface area is 170 Å². The molecule has 0 radical (unpaired) electrons. The largest absolute Gasteiger partial charge is 0.369 e. The second-order valence-electron chi connectivity index (χ2n) is 7.29. The number of carbonyl (C=O) groups excluding carboxylic acids is 1. The molecule has 0 aliphatic carbocycles. The third kappa shape index (κ3) is 5.20. The maximum atomic E-state index is 12.7. The predicted molar refractivity (Wildman–Crippen MR) is 118 cm³/mol. The summed E-state index contributed by atoms with van der Waals surface area (Å²) in [5.74, 6) is 0.316. The molecule has 1 unspecified atom stereocenters. The molecule has 1 saturated heterocycles. The third-order valence-corrected chi connectivity index (χ3v) is 5.94. The summed E-state index contributed by atoms with van der Waals surface area (Å²) in [6.45, 7) is 9.58. The van der Waals surface area contributed by atoms with Gasteiger partial charge >= 0.3 is 0 Å². The molecule has 0 saturated carbocycles. The maximum Gasteiger partial charge on any atom is 0.255 e. The summed E-state index contributed by atoms with van der Waals surface area (Å²) in [6, 6.07) is 13.6. The van der Waals surface area contributed by atoms with E-state index in [1.165, 1.54) is 5.69 Å². The van der Waals surface area contributed by atoms with Crippen LogP contribution in [0.15, 0.2) is 42.5 Å². The Bertz CT molecular complexity index is 861. The van der Waals surface area contributed by atoms with Crippen LogP contribution in [-0.2, 0) is 16.6 Å². The van der Waals surface area contributed by atoms with Crippen molar-refractivity contribution in [1.29, 1.82) is 0 Å². The molecule has 0 spiro atoms. The fraction of sp³-hybridized carbons (Fsp3) is 0.409. The topological polar surface area (TPSA) is 52.6 Å². The normalized spacial score (nSPS) is 16.0. The molecule has 1 atom stereocenters. The summed E-state index contributed by atoms with van der Waals surface area (Å²) in [5.41, 5.74) is 4.58. The Morgan fingerprint density at radius 1 is 1.11 bits per heavy atom. The highest BCUT2D eigenvalue weighted by molar-refractivity contribution is 7.83. The van der Waals surface area contributed by atoms with Crippen molar-refractivity contribution < 1.29 is 9.00 Å². The van der Waals surface area contributed by atoms with E-state index in [0.717, 1.165) is 49.5 Å². The number of nitrogens with one attached hydrogen (secondary N) is 1. The first kappa shape index (κ1) is 20.6. The quantitative estimate of drug-likeness (QED) is 0.810. The van der Waals surface area contributed by atoms with Crippen LogP contribution in [0, 0.1) is 6.92 Å². The molecular weight excluding hydrogens is 370 g/mol. The molecule has 2 aromatic carbocycles. The first-order valence-electron chi connectivity index (χ1n) is 9.74. The van der Waals surface area contributed by atoms with Gasteiger partial charge in [-0.25, -0.2) is 0 Å². The summed E-state index contributed by atoms with van der Waals surface area (Å²) >= 11 is 0. The van der Waals surface area contributed by atoms with Crippen LogP contribution in [0.1, 0.15) is 28.4 Å². The molecule has 1 aliphatic heterocycles. The molecule has 1 heterocycles. The molecule has 28 heavy (non-hydrogen) atoms. The molecule has 6 heteroatoms. The van der Waals surface area contributed by atoms with Gasteiger partial charge in [0, 0.05) is 65.9 Å². The second kappa shape index (κ2) is 9.34. The minimum absolute atomic E-state index is 0.142. The summed E-state index contributed by atoms with van der Waals surface area (Å²) in [4.78, 5) is 17.5. The van der Waals surface area contributed by atoms with Gasteiger partial charge in [-0.15, -0.1) is 0 Å². The van der Waals surface area contributed by atoms with Gasteiger partial charge in [0.2, 0.25) is 0 Å². The highest BCUT2D eigenvalue weighted by Crippen LogP contribution is 2.24. The number of piperazine rings is 1. The van der Waals surface area contributed by atoms with Crippen LogP contribution in [-0.4, -0.2) is 54.0 Å². The van der Waals surface area contributed by atoms with Crippen LogP contribution < -0.4 is 10.2 Å². The number of hydrogen-bond acceptors (Lipinski definition) is 4. The van der Waals surface area contributed by atoms with Crippen molar-refractivity contribution in [2.45, 2.75) is 19.6 Å². The highest BCUT2D eigenvalue weighted by Gasteiger charge is 2.17. The molecule has 3 rings (SSSR count). The minimum Gasteiger partial charge on any atom is -0.369 e. The van der Waals surface area contributed by atoms with Gasteiger partial charge in [0.05, 0.1) is 0 Å². The van der Waals surface area contributed by atoms with Crippen LogP contribution >= 0.6 is 0 Å². The van der Waals surface area contributed by atoms with E-state index >= 15 is 0 Å². The van der Waals surface area contributed by atoms with Crippen LogP contribution in [0.3, 0.4) is 0 Å². The number of likely N-dealkylation sites (N-methyl/N-ethyl adjacent to an activating group) is 1. The van der Waals surface area contributed by atoms with Crippen molar-refractivity contribution in [2.75, 3.05) is 49.2 Å². The lowest BCUT2D eigenvalue weighted by atomic mass is 10.1. The van der Waals surface area contributed by atoms with Crippen molar-refractivity contribution in [1.82, 2.24) is 4.90 Å². The van der Waals surface area contributed by atoms with E-state index in [1.807, 2.05) is 31.2 Å². The first-order valence-corrected chi connectivity index (χ1v) is 11.5. The van der Waals surface area contributed by atoms with Gasteiger partial charge in [-0.3, -0.25) is 9.00 Å². The summed E-state index contributed by atoms with van der Waals surface area (Å²) in [5, 5.41) is 3.01. The standard InChI is InChI=1S/C22H29N3O2S/c1-4-24-10-12-25(13-11-24)20-8-9-21(17(2)14-20)23-22(26)19-7-5-6-18(15-19)16-28(3)27/h5-9,14-15H,4,10-13,16H2,1-3H3,(H,23,26). The molecular formula is C22H29N3O2S. The van der Waals surface area contributed by atoms with Crippen molar-refractivity contribution in [3.63, 3.8) is 0 Å². The Hall–Kier alpha value is -2.18. The van der Waals surface area contributed by atoms with Gasteiger partial charge in [-0.1, -0.05) is 19.1 Å². The average Bonchev–Trinajstić information content (AvgIpc) is 2.69. The Morgan fingerprint density at radius 2 is 1.86 bits per heavy atom. The number of hydrogen-bond donors (Lipinski definition) is 1. The van der Waals surface area contributed by atoms with Gasteiger partial charge in [0.1, 0.15) is 0 Å². The SMILES string of the molecule is CCN1CCN(c2ccc(NC(=O)c3cccc(CS(C)=O)c3)c(C)c2)CC1. The van der Waals surface area contributed by atoms with Crippen LogP contribution in [0.25, 0.3) is 0 Å². The lowest BCUT2D eigenvalue weighted by Crippen LogP contribution is -2.46. The van der Waals surface area contributed by atoms with Crippen molar-refractivity contribution in [3.05, 3.63) is 59.2 Å². The molecule has 1 N–H and O–H groups in total. The van der Waals surface area contributed by atoms with Crippen molar-refractivity contribution >= 4 is 28.1 Å². The van der Waals surface area contributed by atoms with E-state index in [1.54, 1.807) is 12.3 Å². The lowest BCUT2D eigenvalue weighted by molar-refractivity contribution is 0.102. The van der Waals surface area contributed by atoms with Gasteiger partial charge in [-0.2, -0.15) is 0 Å². The number of carbonyl (C=O) groups is 1. The lowest BCUT2D eigenvalue weighted by Gasteiger charge is -2.35. The summed E-state index contributed by atoms with van der Waals surface area (Å²) < 4.78 is 11.4. The maximum absolute atomic E-state index is 12.7. The second-order valence-corrected chi connectivity index (χ2v) is 8.73. The average molecular weight is 400 g/mol. The van der Waals surface area contributed by atoms with E-state index in [9.17, 15) is 9.00 Å². The van der Waals surface area contributed by atoms with E-state index < -0.39 is 10.8 Å². The van der Waals surface area contributed by atoms with Gasteiger partial charge in [-0.05, 0) is 54.9 Å².